The maximum Gasteiger partial charge on any atom is 0.146 e. The Balaban J connectivity index is 2.36. The summed E-state index contributed by atoms with van der Waals surface area (Å²) in [5.74, 6) is 0.475. The molecule has 0 saturated heterocycles. The van der Waals surface area contributed by atoms with Gasteiger partial charge in [0.05, 0.1) is 12.2 Å². The van der Waals surface area contributed by atoms with E-state index >= 15 is 0 Å². The minimum Gasteiger partial charge on any atom is -0.390 e. The second-order valence-electron chi connectivity index (χ2n) is 6.50. The molecule has 3 heteroatoms. The topological polar surface area (TPSA) is 57.5 Å². The van der Waals surface area contributed by atoms with Gasteiger partial charge in [-0.05, 0) is 42.6 Å². The van der Waals surface area contributed by atoms with Crippen LogP contribution in [-0.2, 0) is 4.79 Å². The van der Waals surface area contributed by atoms with Gasteiger partial charge in [-0.2, -0.15) is 0 Å². The molecule has 102 valence electrons. The highest BCUT2D eigenvalue weighted by Gasteiger charge is 2.53. The molecule has 2 aliphatic carbocycles. The standard InChI is InChI=1S/C15H24O3/c1-9(2)11-7-12-10(8-16)5-4-6-15(12,3)14(18)13(11)17/h5,8-9,11-14,17-18H,4,6-7H2,1-3H3/t11-,12?,13+,14+,15-/m0/s1. The third kappa shape index (κ3) is 1.94. The van der Waals surface area contributed by atoms with E-state index in [1.54, 1.807) is 0 Å². The Kier molecular flexibility index (Phi) is 3.65. The van der Waals surface area contributed by atoms with Crippen LogP contribution in [0.3, 0.4) is 0 Å². The molecule has 0 bridgehead atoms. The van der Waals surface area contributed by atoms with Gasteiger partial charge in [0.25, 0.3) is 0 Å². The number of aldehydes is 1. The number of aliphatic hydroxyl groups excluding tert-OH is 2. The predicted octanol–water partition coefficient (Wildman–Crippen LogP) is 1.93. The molecule has 1 fully saturated rings. The second kappa shape index (κ2) is 4.78. The smallest absolute Gasteiger partial charge is 0.146 e. The van der Waals surface area contributed by atoms with Crippen molar-refractivity contribution in [2.75, 3.05) is 0 Å². The molecule has 0 radical (unpaired) electrons. The van der Waals surface area contributed by atoms with Crippen LogP contribution in [0.2, 0.25) is 0 Å². The van der Waals surface area contributed by atoms with Crippen LogP contribution in [0.1, 0.15) is 40.0 Å². The van der Waals surface area contributed by atoms with Crippen molar-refractivity contribution >= 4 is 6.29 Å². The van der Waals surface area contributed by atoms with E-state index in [0.717, 1.165) is 31.1 Å². The average Bonchev–Trinajstić information content (AvgIpc) is 2.33. The SMILES string of the molecule is CC(C)[C@@H]1CC2C(C=O)=CCC[C@]2(C)[C@H](O)[C@@H]1O. The Morgan fingerprint density at radius 3 is 2.67 bits per heavy atom. The molecule has 0 aromatic heterocycles. The van der Waals surface area contributed by atoms with E-state index in [1.165, 1.54) is 0 Å². The van der Waals surface area contributed by atoms with Crippen molar-refractivity contribution in [1.82, 2.24) is 0 Å². The van der Waals surface area contributed by atoms with Gasteiger partial charge in [-0.1, -0.05) is 26.8 Å². The van der Waals surface area contributed by atoms with E-state index in [4.69, 9.17) is 0 Å². The Bertz CT molecular complexity index is 361. The number of carbonyl (C=O) groups is 1. The number of aliphatic hydroxyl groups is 2. The third-order valence-corrected chi connectivity index (χ3v) is 5.20. The molecule has 1 unspecified atom stereocenters. The molecule has 0 aromatic rings. The predicted molar refractivity (Wildman–Crippen MR) is 69.9 cm³/mol. The highest BCUT2D eigenvalue weighted by atomic mass is 16.3. The first-order valence-electron chi connectivity index (χ1n) is 6.93. The van der Waals surface area contributed by atoms with Crippen molar-refractivity contribution in [3.05, 3.63) is 11.6 Å². The molecule has 2 N–H and O–H groups in total. The highest BCUT2D eigenvalue weighted by Crippen LogP contribution is 2.52. The van der Waals surface area contributed by atoms with E-state index in [2.05, 4.69) is 13.8 Å². The summed E-state index contributed by atoms with van der Waals surface area (Å²) in [7, 11) is 0. The normalized spacial score (nSPS) is 44.4. The molecule has 18 heavy (non-hydrogen) atoms. The lowest BCUT2D eigenvalue weighted by Gasteiger charge is -2.53. The van der Waals surface area contributed by atoms with Crippen LogP contribution in [0.25, 0.3) is 0 Å². The largest absolute Gasteiger partial charge is 0.390 e. The third-order valence-electron chi connectivity index (χ3n) is 5.20. The molecule has 2 rings (SSSR count). The fourth-order valence-electron chi connectivity index (χ4n) is 3.84. The molecular formula is C15H24O3. The van der Waals surface area contributed by atoms with Crippen LogP contribution >= 0.6 is 0 Å². The Morgan fingerprint density at radius 2 is 2.11 bits per heavy atom. The Labute approximate surface area is 109 Å². The summed E-state index contributed by atoms with van der Waals surface area (Å²) < 4.78 is 0. The zero-order chi connectivity index (χ0) is 13.5. The monoisotopic (exact) mass is 252 g/mol. The van der Waals surface area contributed by atoms with Crippen molar-refractivity contribution < 1.29 is 15.0 Å². The number of rotatable bonds is 2. The van der Waals surface area contributed by atoms with Crippen LogP contribution in [0.15, 0.2) is 11.6 Å². The molecule has 0 heterocycles. The molecule has 1 saturated carbocycles. The fraction of sp³-hybridized carbons (Fsp3) is 0.800. The van der Waals surface area contributed by atoms with Gasteiger partial charge in [-0.3, -0.25) is 4.79 Å². The summed E-state index contributed by atoms with van der Waals surface area (Å²) in [4.78, 5) is 11.2. The van der Waals surface area contributed by atoms with Crippen molar-refractivity contribution in [2.45, 2.75) is 52.2 Å². The molecule has 2 aliphatic rings. The molecule has 0 aromatic carbocycles. The molecule has 0 amide bonds. The lowest BCUT2D eigenvalue weighted by molar-refractivity contribution is -0.150. The van der Waals surface area contributed by atoms with E-state index < -0.39 is 12.2 Å². The summed E-state index contributed by atoms with van der Waals surface area (Å²) >= 11 is 0. The quantitative estimate of drug-likeness (QED) is 0.738. The molecule has 3 nitrogen and oxygen atoms in total. The van der Waals surface area contributed by atoms with E-state index in [-0.39, 0.29) is 17.3 Å². The zero-order valence-corrected chi connectivity index (χ0v) is 11.5. The average molecular weight is 252 g/mol. The van der Waals surface area contributed by atoms with E-state index in [1.807, 2.05) is 13.0 Å². The first-order valence-corrected chi connectivity index (χ1v) is 6.93. The van der Waals surface area contributed by atoms with Gasteiger partial charge in [-0.25, -0.2) is 0 Å². The highest BCUT2D eigenvalue weighted by molar-refractivity contribution is 5.74. The maximum atomic E-state index is 11.2. The van der Waals surface area contributed by atoms with Crippen LogP contribution in [-0.4, -0.2) is 28.7 Å². The van der Waals surface area contributed by atoms with Gasteiger partial charge in [0.1, 0.15) is 6.29 Å². The summed E-state index contributed by atoms with van der Waals surface area (Å²) in [5, 5.41) is 20.8. The van der Waals surface area contributed by atoms with Crippen molar-refractivity contribution in [2.24, 2.45) is 23.2 Å². The number of hydrogen-bond donors (Lipinski definition) is 2. The van der Waals surface area contributed by atoms with Crippen molar-refractivity contribution in [3.8, 4) is 0 Å². The van der Waals surface area contributed by atoms with Gasteiger partial charge in [0, 0.05) is 5.41 Å². The van der Waals surface area contributed by atoms with Gasteiger partial charge >= 0.3 is 0 Å². The summed E-state index contributed by atoms with van der Waals surface area (Å²) in [6.07, 6.45) is 4.00. The molecular weight excluding hydrogens is 228 g/mol. The van der Waals surface area contributed by atoms with Gasteiger partial charge in [-0.15, -0.1) is 0 Å². The first kappa shape index (κ1) is 13.8. The van der Waals surface area contributed by atoms with Crippen molar-refractivity contribution in [3.63, 3.8) is 0 Å². The summed E-state index contributed by atoms with van der Waals surface area (Å²) in [6, 6.07) is 0. The number of fused-ring (bicyclic) bond motifs is 1. The van der Waals surface area contributed by atoms with E-state index in [9.17, 15) is 15.0 Å². The molecule has 0 spiro atoms. The van der Waals surface area contributed by atoms with Gasteiger partial charge in [0.15, 0.2) is 0 Å². The van der Waals surface area contributed by atoms with E-state index in [0.29, 0.717) is 5.92 Å². The molecule has 5 atom stereocenters. The van der Waals surface area contributed by atoms with Crippen LogP contribution < -0.4 is 0 Å². The minimum atomic E-state index is -0.729. The van der Waals surface area contributed by atoms with Gasteiger partial charge < -0.3 is 10.2 Å². The minimum absolute atomic E-state index is 0.0690. The Morgan fingerprint density at radius 1 is 1.44 bits per heavy atom. The number of allylic oxidation sites excluding steroid dienone is 2. The lowest BCUT2D eigenvalue weighted by Crippen LogP contribution is -2.56. The first-order chi connectivity index (χ1) is 8.41. The fourth-order valence-corrected chi connectivity index (χ4v) is 3.84. The Hall–Kier alpha value is -0.670. The summed E-state index contributed by atoms with van der Waals surface area (Å²) in [5.41, 5.74) is 0.468. The lowest BCUT2D eigenvalue weighted by atomic mass is 9.54. The number of carbonyl (C=O) groups excluding carboxylic acids is 1. The van der Waals surface area contributed by atoms with Gasteiger partial charge in [0.2, 0.25) is 0 Å². The summed E-state index contributed by atoms with van der Waals surface area (Å²) in [6.45, 7) is 6.14. The van der Waals surface area contributed by atoms with Crippen LogP contribution in [0.5, 0.6) is 0 Å². The van der Waals surface area contributed by atoms with Crippen molar-refractivity contribution in [1.29, 1.82) is 0 Å². The maximum absolute atomic E-state index is 11.2. The number of hydrogen-bond acceptors (Lipinski definition) is 3. The second-order valence-corrected chi connectivity index (χ2v) is 6.50. The van der Waals surface area contributed by atoms with Crippen LogP contribution in [0, 0.1) is 23.2 Å². The zero-order valence-electron chi connectivity index (χ0n) is 11.5. The van der Waals surface area contributed by atoms with Crippen LogP contribution in [0.4, 0.5) is 0 Å². The molecule has 0 aliphatic heterocycles.